The predicted octanol–water partition coefficient (Wildman–Crippen LogP) is 5.96. The molecule has 0 amide bonds. The highest BCUT2D eigenvalue weighted by Gasteiger charge is 2.19. The molecule has 0 aliphatic carbocycles. The number of hydrogen-bond acceptors (Lipinski definition) is 4. The molecule has 4 aromatic rings. The molecule has 4 rings (SSSR count). The molecule has 0 bridgehead atoms. The summed E-state index contributed by atoms with van der Waals surface area (Å²) in [7, 11) is 0. The van der Waals surface area contributed by atoms with E-state index in [1.54, 1.807) is 11.3 Å². The summed E-state index contributed by atoms with van der Waals surface area (Å²) in [6.07, 6.45) is 0. The zero-order valence-corrected chi connectivity index (χ0v) is 14.9. The van der Waals surface area contributed by atoms with Gasteiger partial charge in [0.2, 0.25) is 5.78 Å². The third-order valence-corrected chi connectivity index (χ3v) is 5.97. The SMILES string of the molecule is Nc1c(-c2ccccc2-c2cccs2)csc1C(=O)c1ccccc1. The summed E-state index contributed by atoms with van der Waals surface area (Å²) in [6.45, 7) is 0. The molecule has 4 heteroatoms. The molecule has 0 atom stereocenters. The fourth-order valence-corrected chi connectivity index (χ4v) is 4.55. The van der Waals surface area contributed by atoms with Gasteiger partial charge in [0.15, 0.2) is 0 Å². The van der Waals surface area contributed by atoms with Crippen LogP contribution in [0.15, 0.2) is 77.5 Å². The summed E-state index contributed by atoms with van der Waals surface area (Å²) in [5.74, 6) is -0.0250. The van der Waals surface area contributed by atoms with Crippen molar-refractivity contribution in [1.82, 2.24) is 0 Å². The number of anilines is 1. The van der Waals surface area contributed by atoms with Crippen molar-refractivity contribution in [3.05, 3.63) is 87.9 Å². The van der Waals surface area contributed by atoms with Gasteiger partial charge in [-0.2, -0.15) is 0 Å². The van der Waals surface area contributed by atoms with Crippen LogP contribution in [0.1, 0.15) is 15.2 Å². The van der Waals surface area contributed by atoms with E-state index in [0.29, 0.717) is 16.1 Å². The lowest BCUT2D eigenvalue weighted by molar-refractivity contribution is 0.104. The average Bonchev–Trinajstić information content (AvgIpc) is 3.32. The number of thiophene rings is 2. The molecule has 122 valence electrons. The topological polar surface area (TPSA) is 43.1 Å². The first kappa shape index (κ1) is 15.8. The summed E-state index contributed by atoms with van der Waals surface area (Å²) in [4.78, 5) is 14.5. The molecule has 0 spiro atoms. The van der Waals surface area contributed by atoms with Crippen LogP contribution in [0, 0.1) is 0 Å². The molecule has 0 saturated heterocycles. The molecule has 25 heavy (non-hydrogen) atoms. The van der Waals surface area contributed by atoms with Crippen LogP contribution in [-0.4, -0.2) is 5.78 Å². The molecule has 2 aromatic heterocycles. The number of hydrogen-bond donors (Lipinski definition) is 1. The van der Waals surface area contributed by atoms with Gasteiger partial charge in [-0.25, -0.2) is 0 Å². The maximum Gasteiger partial charge on any atom is 0.205 e. The van der Waals surface area contributed by atoms with Crippen molar-refractivity contribution in [2.75, 3.05) is 5.73 Å². The molecular weight excluding hydrogens is 346 g/mol. The van der Waals surface area contributed by atoms with Crippen molar-refractivity contribution in [3.8, 4) is 21.6 Å². The lowest BCUT2D eigenvalue weighted by Crippen LogP contribution is -2.02. The van der Waals surface area contributed by atoms with Crippen LogP contribution in [0.4, 0.5) is 5.69 Å². The van der Waals surface area contributed by atoms with Crippen LogP contribution in [0.3, 0.4) is 0 Å². The Bertz CT molecular complexity index is 1020. The Kier molecular flexibility index (Phi) is 4.22. The molecule has 2 N–H and O–H groups in total. The van der Waals surface area contributed by atoms with E-state index < -0.39 is 0 Å². The molecule has 2 heterocycles. The molecule has 0 aliphatic heterocycles. The van der Waals surface area contributed by atoms with Gasteiger partial charge in [-0.1, -0.05) is 60.7 Å². The molecular formula is C21H15NOS2. The van der Waals surface area contributed by atoms with Crippen LogP contribution in [-0.2, 0) is 0 Å². The van der Waals surface area contributed by atoms with Crippen molar-refractivity contribution < 1.29 is 4.79 Å². The first-order valence-electron chi connectivity index (χ1n) is 7.85. The third-order valence-electron chi connectivity index (χ3n) is 4.08. The lowest BCUT2D eigenvalue weighted by atomic mass is 9.98. The van der Waals surface area contributed by atoms with E-state index in [0.717, 1.165) is 16.7 Å². The second-order valence-corrected chi connectivity index (χ2v) is 7.44. The maximum atomic E-state index is 12.8. The molecule has 0 radical (unpaired) electrons. The number of nitrogen functional groups attached to an aromatic ring is 1. The van der Waals surface area contributed by atoms with E-state index in [1.807, 2.05) is 53.9 Å². The predicted molar refractivity (Wildman–Crippen MR) is 107 cm³/mol. The van der Waals surface area contributed by atoms with Crippen molar-refractivity contribution >= 4 is 34.1 Å². The fourth-order valence-electron chi connectivity index (χ4n) is 2.84. The molecule has 2 nitrogen and oxygen atoms in total. The quantitative estimate of drug-likeness (QED) is 0.456. The largest absolute Gasteiger partial charge is 0.397 e. The molecule has 0 saturated carbocycles. The van der Waals surface area contributed by atoms with E-state index in [9.17, 15) is 4.79 Å². The van der Waals surface area contributed by atoms with Gasteiger partial charge in [-0.05, 0) is 22.6 Å². The van der Waals surface area contributed by atoms with Crippen LogP contribution in [0.25, 0.3) is 21.6 Å². The Morgan fingerprint density at radius 2 is 1.48 bits per heavy atom. The average molecular weight is 361 g/mol. The Hall–Kier alpha value is -2.69. The Morgan fingerprint density at radius 3 is 2.20 bits per heavy atom. The van der Waals surface area contributed by atoms with Crippen LogP contribution in [0.2, 0.25) is 0 Å². The van der Waals surface area contributed by atoms with Gasteiger partial charge in [0.1, 0.15) is 0 Å². The Morgan fingerprint density at radius 1 is 0.760 bits per heavy atom. The normalized spacial score (nSPS) is 10.7. The lowest BCUT2D eigenvalue weighted by Gasteiger charge is -2.08. The van der Waals surface area contributed by atoms with Crippen LogP contribution < -0.4 is 5.73 Å². The standard InChI is InChI=1S/C21H15NOS2/c22-19-17(13-25-21(19)20(23)14-7-2-1-3-8-14)15-9-4-5-10-16(15)18-11-6-12-24-18/h1-13H,22H2. The first-order chi connectivity index (χ1) is 12.3. The van der Waals surface area contributed by atoms with E-state index in [4.69, 9.17) is 5.73 Å². The number of ketones is 1. The van der Waals surface area contributed by atoms with Gasteiger partial charge in [-0.15, -0.1) is 22.7 Å². The van der Waals surface area contributed by atoms with Gasteiger partial charge >= 0.3 is 0 Å². The summed E-state index contributed by atoms with van der Waals surface area (Å²) in [5.41, 5.74) is 10.7. The number of carbonyl (C=O) groups is 1. The van der Waals surface area contributed by atoms with E-state index >= 15 is 0 Å². The summed E-state index contributed by atoms with van der Waals surface area (Å²) in [6, 6.07) is 21.6. The minimum absolute atomic E-state index is 0.0250. The fraction of sp³-hybridized carbons (Fsp3) is 0. The smallest absolute Gasteiger partial charge is 0.205 e. The highest BCUT2D eigenvalue weighted by Crippen LogP contribution is 2.41. The van der Waals surface area contributed by atoms with Gasteiger partial charge in [0.05, 0.1) is 10.6 Å². The van der Waals surface area contributed by atoms with Crippen molar-refractivity contribution in [2.24, 2.45) is 0 Å². The van der Waals surface area contributed by atoms with Crippen molar-refractivity contribution in [2.45, 2.75) is 0 Å². The number of carbonyl (C=O) groups excluding carboxylic acids is 1. The third kappa shape index (κ3) is 2.90. The second-order valence-electron chi connectivity index (χ2n) is 5.61. The minimum atomic E-state index is -0.0250. The molecule has 2 aromatic carbocycles. The second kappa shape index (κ2) is 6.67. The van der Waals surface area contributed by atoms with Crippen molar-refractivity contribution in [1.29, 1.82) is 0 Å². The number of rotatable bonds is 4. The molecule has 0 aliphatic rings. The van der Waals surface area contributed by atoms with Crippen LogP contribution >= 0.6 is 22.7 Å². The van der Waals surface area contributed by atoms with E-state index in [-0.39, 0.29) is 5.78 Å². The van der Waals surface area contributed by atoms with Gasteiger partial charge < -0.3 is 5.73 Å². The summed E-state index contributed by atoms with van der Waals surface area (Å²) >= 11 is 3.11. The Balaban J connectivity index is 1.80. The van der Waals surface area contributed by atoms with Crippen LogP contribution in [0.5, 0.6) is 0 Å². The van der Waals surface area contributed by atoms with Gasteiger partial charge in [-0.3, -0.25) is 4.79 Å². The van der Waals surface area contributed by atoms with E-state index in [2.05, 4.69) is 23.6 Å². The first-order valence-corrected chi connectivity index (χ1v) is 9.61. The monoisotopic (exact) mass is 361 g/mol. The summed E-state index contributed by atoms with van der Waals surface area (Å²) in [5, 5.41) is 4.05. The maximum absolute atomic E-state index is 12.8. The molecule has 0 unspecified atom stereocenters. The summed E-state index contributed by atoms with van der Waals surface area (Å²) < 4.78 is 0. The minimum Gasteiger partial charge on any atom is -0.397 e. The number of benzene rings is 2. The number of nitrogens with two attached hydrogens (primary N) is 1. The Labute approximate surface area is 154 Å². The van der Waals surface area contributed by atoms with Gasteiger partial charge in [0.25, 0.3) is 0 Å². The van der Waals surface area contributed by atoms with Crippen molar-refractivity contribution in [3.63, 3.8) is 0 Å². The van der Waals surface area contributed by atoms with E-state index in [1.165, 1.54) is 16.2 Å². The highest BCUT2D eigenvalue weighted by molar-refractivity contribution is 7.14. The highest BCUT2D eigenvalue weighted by atomic mass is 32.1. The zero-order valence-electron chi connectivity index (χ0n) is 13.3. The zero-order chi connectivity index (χ0) is 17.2. The molecule has 0 fully saturated rings. The van der Waals surface area contributed by atoms with Gasteiger partial charge in [0, 0.05) is 21.4 Å².